The number of hydrogen-bond acceptors (Lipinski definition) is 4. The lowest BCUT2D eigenvalue weighted by Gasteiger charge is -2.04. The molecule has 2 N–H and O–H groups in total. The van der Waals surface area contributed by atoms with Gasteiger partial charge in [0.05, 0.1) is 17.1 Å². The van der Waals surface area contributed by atoms with Crippen molar-refractivity contribution in [2.75, 3.05) is 0 Å². The van der Waals surface area contributed by atoms with Crippen molar-refractivity contribution in [2.24, 2.45) is 0 Å². The largest absolute Gasteiger partial charge is 0.310 e. The molecule has 0 bridgehead atoms. The first kappa shape index (κ1) is 16.9. The van der Waals surface area contributed by atoms with E-state index in [-0.39, 0.29) is 5.56 Å². The van der Waals surface area contributed by atoms with Crippen LogP contribution in [0.2, 0.25) is 0 Å². The van der Waals surface area contributed by atoms with Gasteiger partial charge in [-0.25, -0.2) is 4.98 Å². The molecule has 0 aliphatic heterocycles. The first-order chi connectivity index (χ1) is 13.6. The van der Waals surface area contributed by atoms with Crippen LogP contribution < -0.4 is 5.56 Å². The Labute approximate surface area is 165 Å². The highest BCUT2D eigenvalue weighted by molar-refractivity contribution is 7.19. The molecule has 2 aromatic carbocycles. The molecule has 3 heterocycles. The summed E-state index contributed by atoms with van der Waals surface area (Å²) in [4.78, 5) is 22.6. The minimum absolute atomic E-state index is 0.0810. The lowest BCUT2D eigenvalue weighted by molar-refractivity contribution is 0.978. The van der Waals surface area contributed by atoms with Crippen molar-refractivity contribution in [3.63, 3.8) is 0 Å². The molecule has 5 aromatic rings. The first-order valence-corrected chi connectivity index (χ1v) is 9.91. The lowest BCUT2D eigenvalue weighted by Crippen LogP contribution is -2.11. The average molecular weight is 386 g/mol. The fourth-order valence-electron chi connectivity index (χ4n) is 3.60. The van der Waals surface area contributed by atoms with Gasteiger partial charge in [0.25, 0.3) is 5.56 Å². The molecule has 0 atom stereocenters. The number of benzene rings is 2. The van der Waals surface area contributed by atoms with Gasteiger partial charge in [-0.2, -0.15) is 5.10 Å². The quantitative estimate of drug-likeness (QED) is 0.470. The highest BCUT2D eigenvalue weighted by Crippen LogP contribution is 2.35. The number of hydrogen-bond donors (Lipinski definition) is 2. The van der Waals surface area contributed by atoms with Gasteiger partial charge in [0, 0.05) is 22.2 Å². The van der Waals surface area contributed by atoms with Gasteiger partial charge in [0.2, 0.25) is 0 Å². The molecule has 0 radical (unpaired) electrons. The summed E-state index contributed by atoms with van der Waals surface area (Å²) in [5, 5.41) is 8.78. The molecular formula is C22H18N4OS. The van der Waals surface area contributed by atoms with Crippen molar-refractivity contribution in [1.82, 2.24) is 20.2 Å². The van der Waals surface area contributed by atoms with Crippen LogP contribution in [0, 0.1) is 13.8 Å². The molecule has 5 rings (SSSR count). The van der Waals surface area contributed by atoms with E-state index in [1.807, 2.05) is 25.1 Å². The summed E-state index contributed by atoms with van der Waals surface area (Å²) in [6.45, 7) is 4.11. The van der Waals surface area contributed by atoms with Crippen molar-refractivity contribution < 1.29 is 0 Å². The van der Waals surface area contributed by atoms with E-state index in [0.717, 1.165) is 37.3 Å². The zero-order valence-electron chi connectivity index (χ0n) is 15.5. The molecule has 5 nitrogen and oxygen atoms in total. The SMILES string of the molecule is Cc1ccc(-c2c(C)sc3nc(Cc4ccc5cn[nH]c5c4)[nH]c(=O)c23)cc1. The summed E-state index contributed by atoms with van der Waals surface area (Å²) in [6.07, 6.45) is 2.36. The molecule has 0 saturated carbocycles. The van der Waals surface area contributed by atoms with Crippen molar-refractivity contribution in [3.8, 4) is 11.1 Å². The molecule has 3 aromatic heterocycles. The predicted molar refractivity (Wildman–Crippen MR) is 114 cm³/mol. The summed E-state index contributed by atoms with van der Waals surface area (Å²) in [7, 11) is 0. The molecule has 6 heteroatoms. The Morgan fingerprint density at radius 1 is 1.07 bits per heavy atom. The van der Waals surface area contributed by atoms with Gasteiger partial charge in [-0.1, -0.05) is 42.0 Å². The van der Waals surface area contributed by atoms with Gasteiger partial charge in [-0.05, 0) is 31.0 Å². The number of aromatic nitrogens is 4. The maximum Gasteiger partial charge on any atom is 0.260 e. The molecule has 0 aliphatic rings. The summed E-state index contributed by atoms with van der Waals surface area (Å²) in [5.74, 6) is 0.674. The number of nitrogens with zero attached hydrogens (tertiary/aromatic N) is 2. The minimum atomic E-state index is -0.0810. The topological polar surface area (TPSA) is 74.4 Å². The van der Waals surface area contributed by atoms with Crippen LogP contribution in [0.25, 0.3) is 32.2 Å². The molecule has 0 unspecified atom stereocenters. The first-order valence-electron chi connectivity index (χ1n) is 9.10. The van der Waals surface area contributed by atoms with Crippen molar-refractivity contribution in [2.45, 2.75) is 20.3 Å². The number of H-pyrrole nitrogens is 2. The van der Waals surface area contributed by atoms with E-state index in [2.05, 4.69) is 46.4 Å². The minimum Gasteiger partial charge on any atom is -0.310 e. The van der Waals surface area contributed by atoms with Crippen LogP contribution in [-0.2, 0) is 6.42 Å². The fourth-order valence-corrected chi connectivity index (χ4v) is 4.67. The van der Waals surface area contributed by atoms with Crippen LogP contribution in [0.1, 0.15) is 21.8 Å². The van der Waals surface area contributed by atoms with E-state index >= 15 is 0 Å². The predicted octanol–water partition coefficient (Wildman–Crippen LogP) is 4.74. The number of aromatic amines is 2. The summed E-state index contributed by atoms with van der Waals surface area (Å²) >= 11 is 1.57. The van der Waals surface area contributed by atoms with Crippen molar-refractivity contribution in [3.05, 3.63) is 80.8 Å². The van der Waals surface area contributed by atoms with E-state index in [1.54, 1.807) is 17.5 Å². The van der Waals surface area contributed by atoms with E-state index in [1.165, 1.54) is 5.56 Å². The number of fused-ring (bicyclic) bond motifs is 2. The van der Waals surface area contributed by atoms with E-state index in [4.69, 9.17) is 4.98 Å². The average Bonchev–Trinajstić information content (AvgIpc) is 3.26. The van der Waals surface area contributed by atoms with Gasteiger partial charge in [0.1, 0.15) is 10.7 Å². The normalized spacial score (nSPS) is 11.5. The third-order valence-corrected chi connectivity index (χ3v) is 6.00. The van der Waals surface area contributed by atoms with Gasteiger partial charge >= 0.3 is 0 Å². The zero-order chi connectivity index (χ0) is 19.3. The number of thiophene rings is 1. The van der Waals surface area contributed by atoms with Crippen LogP contribution >= 0.6 is 11.3 Å². The molecule has 138 valence electrons. The standard InChI is InChI=1S/C22H18N4OS/c1-12-3-6-15(7-4-12)19-13(2)28-22-20(19)21(27)24-18(25-22)10-14-5-8-16-11-23-26-17(16)9-14/h3-9,11H,10H2,1-2H3,(H,23,26)(H,24,25,27). The molecular weight excluding hydrogens is 368 g/mol. The number of aryl methyl sites for hydroxylation is 2. The lowest BCUT2D eigenvalue weighted by atomic mass is 10.0. The third kappa shape index (κ3) is 2.82. The van der Waals surface area contributed by atoms with Crippen LogP contribution in [0.3, 0.4) is 0 Å². The smallest absolute Gasteiger partial charge is 0.260 e. The highest BCUT2D eigenvalue weighted by Gasteiger charge is 2.16. The van der Waals surface area contributed by atoms with Gasteiger partial charge in [-0.15, -0.1) is 11.3 Å². The Bertz CT molecular complexity index is 1380. The second kappa shape index (κ2) is 6.42. The van der Waals surface area contributed by atoms with Crippen LogP contribution in [0.4, 0.5) is 0 Å². The molecule has 0 saturated heterocycles. The van der Waals surface area contributed by atoms with E-state index < -0.39 is 0 Å². The maximum atomic E-state index is 12.9. The van der Waals surface area contributed by atoms with Crippen LogP contribution in [0.15, 0.2) is 53.5 Å². The summed E-state index contributed by atoms with van der Waals surface area (Å²) in [6, 6.07) is 14.4. The van der Waals surface area contributed by atoms with Gasteiger partial charge in [-0.3, -0.25) is 9.89 Å². The van der Waals surface area contributed by atoms with Crippen LogP contribution in [0.5, 0.6) is 0 Å². The molecule has 0 spiro atoms. The Hall–Kier alpha value is -3.25. The second-order valence-electron chi connectivity index (χ2n) is 7.06. The van der Waals surface area contributed by atoms with Crippen molar-refractivity contribution in [1.29, 1.82) is 0 Å². The van der Waals surface area contributed by atoms with E-state index in [9.17, 15) is 4.79 Å². The molecule has 0 aliphatic carbocycles. The third-order valence-electron chi connectivity index (χ3n) is 5.01. The monoisotopic (exact) mass is 386 g/mol. The second-order valence-corrected chi connectivity index (χ2v) is 8.26. The number of nitrogens with one attached hydrogen (secondary N) is 2. The van der Waals surface area contributed by atoms with Gasteiger partial charge < -0.3 is 4.98 Å². The molecule has 28 heavy (non-hydrogen) atoms. The molecule has 0 fully saturated rings. The maximum absolute atomic E-state index is 12.9. The van der Waals surface area contributed by atoms with Gasteiger partial charge in [0.15, 0.2) is 0 Å². The van der Waals surface area contributed by atoms with Crippen molar-refractivity contribution >= 4 is 32.5 Å². The zero-order valence-corrected chi connectivity index (χ0v) is 16.4. The molecule has 0 amide bonds. The highest BCUT2D eigenvalue weighted by atomic mass is 32.1. The Morgan fingerprint density at radius 3 is 2.71 bits per heavy atom. The Kier molecular flexibility index (Phi) is 3.87. The summed E-state index contributed by atoms with van der Waals surface area (Å²) in [5.41, 5.74) is 5.21. The fraction of sp³-hybridized carbons (Fsp3) is 0.136. The van der Waals surface area contributed by atoms with Crippen LogP contribution in [-0.4, -0.2) is 20.2 Å². The summed E-state index contributed by atoms with van der Waals surface area (Å²) < 4.78 is 0. The van der Waals surface area contributed by atoms with E-state index in [0.29, 0.717) is 17.6 Å². The Morgan fingerprint density at radius 2 is 1.89 bits per heavy atom. The Balaban J connectivity index is 1.59. The number of rotatable bonds is 3.